The molecule has 2 rings (SSSR count). The molecular weight excluding hydrogens is 298 g/mol. The van der Waals surface area contributed by atoms with Crippen molar-refractivity contribution in [2.75, 3.05) is 26.2 Å². The van der Waals surface area contributed by atoms with Gasteiger partial charge in [0.15, 0.2) is 0 Å². The molecule has 2 N–H and O–H groups in total. The number of nitrogens with one attached hydrogen (secondary N) is 1. The van der Waals surface area contributed by atoms with Crippen LogP contribution < -0.4 is 5.32 Å². The zero-order valence-corrected chi connectivity index (χ0v) is 14.0. The number of amides is 3. The predicted molar refractivity (Wildman–Crippen MR) is 84.9 cm³/mol. The SMILES string of the molecule is CC(C)CNC(=O)N1CCCC(C(=O)N2CCC[C@@H]2C(=O)O)C1. The number of likely N-dealkylation sites (tertiary alicyclic amines) is 2. The Morgan fingerprint density at radius 2 is 1.87 bits per heavy atom. The number of hydrogen-bond donors (Lipinski definition) is 2. The third kappa shape index (κ3) is 4.36. The lowest BCUT2D eigenvalue weighted by Crippen LogP contribution is -2.51. The van der Waals surface area contributed by atoms with Crippen LogP contribution in [0, 0.1) is 11.8 Å². The Labute approximate surface area is 137 Å². The van der Waals surface area contributed by atoms with Crippen molar-refractivity contribution in [1.29, 1.82) is 0 Å². The van der Waals surface area contributed by atoms with Gasteiger partial charge in [-0.2, -0.15) is 0 Å². The van der Waals surface area contributed by atoms with Crippen LogP contribution in [0.4, 0.5) is 4.79 Å². The predicted octanol–water partition coefficient (Wildman–Crippen LogP) is 1.14. The van der Waals surface area contributed by atoms with E-state index in [0.29, 0.717) is 38.5 Å². The number of carbonyl (C=O) groups is 3. The molecule has 7 heteroatoms. The molecule has 3 amide bonds. The number of rotatable bonds is 4. The van der Waals surface area contributed by atoms with E-state index in [4.69, 9.17) is 0 Å². The molecule has 0 saturated carbocycles. The second-order valence-electron chi connectivity index (χ2n) is 6.89. The first-order valence-electron chi connectivity index (χ1n) is 8.46. The second-order valence-corrected chi connectivity index (χ2v) is 6.89. The molecule has 2 fully saturated rings. The van der Waals surface area contributed by atoms with E-state index in [0.717, 1.165) is 19.3 Å². The average Bonchev–Trinajstić information content (AvgIpc) is 3.01. The molecule has 0 bridgehead atoms. The summed E-state index contributed by atoms with van der Waals surface area (Å²) in [6.07, 6.45) is 2.74. The van der Waals surface area contributed by atoms with E-state index in [1.807, 2.05) is 13.8 Å². The fourth-order valence-corrected chi connectivity index (χ4v) is 3.29. The minimum Gasteiger partial charge on any atom is -0.480 e. The van der Waals surface area contributed by atoms with Gasteiger partial charge in [-0.15, -0.1) is 0 Å². The van der Waals surface area contributed by atoms with Gasteiger partial charge in [0.2, 0.25) is 5.91 Å². The summed E-state index contributed by atoms with van der Waals surface area (Å²) in [5.74, 6) is -0.954. The van der Waals surface area contributed by atoms with E-state index in [2.05, 4.69) is 5.32 Å². The van der Waals surface area contributed by atoms with Crippen LogP contribution in [0.25, 0.3) is 0 Å². The highest BCUT2D eigenvalue weighted by Gasteiger charge is 2.38. The Morgan fingerprint density at radius 1 is 1.17 bits per heavy atom. The standard InChI is InChI=1S/C16H27N3O4/c1-11(2)9-17-16(23)18-7-3-5-12(10-18)14(20)19-8-4-6-13(19)15(21)22/h11-13H,3-10H2,1-2H3,(H,17,23)(H,21,22)/t12?,13-/m1/s1. The number of hydrogen-bond acceptors (Lipinski definition) is 3. The van der Waals surface area contributed by atoms with Crippen molar-refractivity contribution in [3.05, 3.63) is 0 Å². The molecule has 1 unspecified atom stereocenters. The normalized spacial score (nSPS) is 24.8. The highest BCUT2D eigenvalue weighted by molar-refractivity contribution is 5.86. The van der Waals surface area contributed by atoms with Crippen molar-refractivity contribution in [3.8, 4) is 0 Å². The highest BCUT2D eigenvalue weighted by Crippen LogP contribution is 2.24. The van der Waals surface area contributed by atoms with Crippen molar-refractivity contribution in [2.45, 2.75) is 45.6 Å². The van der Waals surface area contributed by atoms with Gasteiger partial charge in [-0.25, -0.2) is 9.59 Å². The molecule has 0 aromatic heterocycles. The monoisotopic (exact) mass is 325 g/mol. The fourth-order valence-electron chi connectivity index (χ4n) is 3.29. The van der Waals surface area contributed by atoms with Crippen LogP contribution in [0.5, 0.6) is 0 Å². The summed E-state index contributed by atoms with van der Waals surface area (Å²) in [6.45, 7) is 6.21. The van der Waals surface area contributed by atoms with E-state index >= 15 is 0 Å². The van der Waals surface area contributed by atoms with Crippen molar-refractivity contribution >= 4 is 17.9 Å². The lowest BCUT2D eigenvalue weighted by atomic mass is 9.96. The van der Waals surface area contributed by atoms with Gasteiger partial charge >= 0.3 is 12.0 Å². The topological polar surface area (TPSA) is 90.0 Å². The Morgan fingerprint density at radius 3 is 2.52 bits per heavy atom. The number of nitrogens with zero attached hydrogens (tertiary/aromatic N) is 2. The minimum absolute atomic E-state index is 0.115. The van der Waals surface area contributed by atoms with Crippen molar-refractivity contribution in [3.63, 3.8) is 0 Å². The van der Waals surface area contributed by atoms with E-state index in [-0.39, 0.29) is 17.9 Å². The summed E-state index contributed by atoms with van der Waals surface area (Å²) in [7, 11) is 0. The molecule has 0 aromatic rings. The van der Waals surface area contributed by atoms with E-state index in [9.17, 15) is 19.5 Å². The summed E-state index contributed by atoms with van der Waals surface area (Å²) >= 11 is 0. The van der Waals surface area contributed by atoms with Gasteiger partial charge in [-0.05, 0) is 31.6 Å². The van der Waals surface area contributed by atoms with Crippen LogP contribution in [0.2, 0.25) is 0 Å². The first-order chi connectivity index (χ1) is 10.9. The molecule has 23 heavy (non-hydrogen) atoms. The maximum atomic E-state index is 12.7. The summed E-state index contributed by atoms with van der Waals surface area (Å²) in [6, 6.07) is -0.833. The average molecular weight is 325 g/mol. The van der Waals surface area contributed by atoms with Gasteiger partial charge in [0.05, 0.1) is 5.92 Å². The van der Waals surface area contributed by atoms with Gasteiger partial charge in [0, 0.05) is 26.2 Å². The van der Waals surface area contributed by atoms with E-state index < -0.39 is 12.0 Å². The van der Waals surface area contributed by atoms with Gasteiger partial charge < -0.3 is 20.2 Å². The van der Waals surface area contributed by atoms with Crippen molar-refractivity contribution in [2.24, 2.45) is 11.8 Å². The first-order valence-corrected chi connectivity index (χ1v) is 8.46. The van der Waals surface area contributed by atoms with Gasteiger partial charge in [0.1, 0.15) is 6.04 Å². The van der Waals surface area contributed by atoms with Crippen LogP contribution in [0.15, 0.2) is 0 Å². The molecule has 2 saturated heterocycles. The Bertz CT molecular complexity index is 466. The maximum Gasteiger partial charge on any atom is 0.326 e. The molecule has 2 aliphatic heterocycles. The highest BCUT2D eigenvalue weighted by atomic mass is 16.4. The second kappa shape index (κ2) is 7.66. The Hall–Kier alpha value is -1.79. The maximum absolute atomic E-state index is 12.7. The largest absolute Gasteiger partial charge is 0.480 e. The molecule has 0 aromatic carbocycles. The number of aliphatic carboxylic acids is 1. The van der Waals surface area contributed by atoms with Crippen LogP contribution >= 0.6 is 0 Å². The number of carbonyl (C=O) groups excluding carboxylic acids is 2. The zero-order chi connectivity index (χ0) is 17.0. The van der Waals surface area contributed by atoms with Crippen LogP contribution in [0.3, 0.4) is 0 Å². The van der Waals surface area contributed by atoms with Gasteiger partial charge in [-0.3, -0.25) is 4.79 Å². The number of urea groups is 1. The molecule has 2 heterocycles. The summed E-state index contributed by atoms with van der Waals surface area (Å²) < 4.78 is 0. The van der Waals surface area contributed by atoms with E-state index in [1.165, 1.54) is 4.90 Å². The molecule has 2 atom stereocenters. The van der Waals surface area contributed by atoms with Crippen LogP contribution in [-0.2, 0) is 9.59 Å². The first kappa shape index (κ1) is 17.6. The summed E-state index contributed by atoms with van der Waals surface area (Å²) in [4.78, 5) is 39.2. The lowest BCUT2D eigenvalue weighted by Gasteiger charge is -2.35. The molecule has 130 valence electrons. The van der Waals surface area contributed by atoms with Gasteiger partial charge in [0.25, 0.3) is 0 Å². The summed E-state index contributed by atoms with van der Waals surface area (Å²) in [5, 5.41) is 12.1. The number of carboxylic acids is 1. The third-order valence-electron chi connectivity index (χ3n) is 4.54. The van der Waals surface area contributed by atoms with Crippen molar-refractivity contribution < 1.29 is 19.5 Å². The molecule has 7 nitrogen and oxygen atoms in total. The zero-order valence-electron chi connectivity index (χ0n) is 14.0. The molecular formula is C16H27N3O4. The van der Waals surface area contributed by atoms with E-state index in [1.54, 1.807) is 4.90 Å². The van der Waals surface area contributed by atoms with Crippen LogP contribution in [0.1, 0.15) is 39.5 Å². The molecule has 2 aliphatic rings. The third-order valence-corrected chi connectivity index (χ3v) is 4.54. The molecule has 0 radical (unpaired) electrons. The number of piperidine rings is 1. The Kier molecular flexibility index (Phi) is 5.85. The smallest absolute Gasteiger partial charge is 0.326 e. The minimum atomic E-state index is -0.932. The van der Waals surface area contributed by atoms with Crippen LogP contribution in [-0.4, -0.2) is 65.0 Å². The molecule has 0 aliphatic carbocycles. The fraction of sp³-hybridized carbons (Fsp3) is 0.812. The lowest BCUT2D eigenvalue weighted by molar-refractivity contribution is -0.150. The molecule has 0 spiro atoms. The van der Waals surface area contributed by atoms with Crippen molar-refractivity contribution in [1.82, 2.24) is 15.1 Å². The Balaban J connectivity index is 1.93. The number of carboxylic acid groups (broad SMARTS) is 1. The summed E-state index contributed by atoms with van der Waals surface area (Å²) in [5.41, 5.74) is 0. The quantitative estimate of drug-likeness (QED) is 0.811. The van der Waals surface area contributed by atoms with Gasteiger partial charge in [-0.1, -0.05) is 13.8 Å².